The van der Waals surface area contributed by atoms with E-state index in [1.165, 1.54) is 11.6 Å². The molecule has 14 heteroatoms. The number of amides is 3. The second-order valence-corrected chi connectivity index (χ2v) is 18.0. The number of rotatable bonds is 13. The molecule has 0 bridgehead atoms. The summed E-state index contributed by atoms with van der Waals surface area (Å²) in [4.78, 5) is 72.3. The molecule has 2 aliphatic rings. The normalized spacial score (nSPS) is 14.4. The molecule has 2 heterocycles. The predicted octanol–water partition coefficient (Wildman–Crippen LogP) is 8.11. The fourth-order valence-corrected chi connectivity index (χ4v) is 8.01. The smallest absolute Gasteiger partial charge is 0.419 e. The van der Waals surface area contributed by atoms with Crippen LogP contribution in [0.1, 0.15) is 81.2 Å². The van der Waals surface area contributed by atoms with Crippen LogP contribution in [0.15, 0.2) is 91.0 Å². The maximum absolute atomic E-state index is 14.4. The maximum atomic E-state index is 14.4. The molecular formula is C50H57N5O9. The van der Waals surface area contributed by atoms with Crippen LogP contribution in [0.5, 0.6) is 0 Å². The molecule has 1 atom stereocenters. The summed E-state index contributed by atoms with van der Waals surface area (Å²) in [6.07, 6.45) is -0.802. The van der Waals surface area contributed by atoms with Crippen molar-refractivity contribution in [3.63, 3.8) is 0 Å². The Morgan fingerprint density at radius 1 is 0.812 bits per heavy atom. The van der Waals surface area contributed by atoms with E-state index >= 15 is 0 Å². The zero-order valence-corrected chi connectivity index (χ0v) is 37.6. The van der Waals surface area contributed by atoms with Crippen LogP contribution in [0.25, 0.3) is 22.0 Å². The number of anilines is 2. The number of hydrogen-bond acceptors (Lipinski definition) is 10. The highest BCUT2D eigenvalue weighted by atomic mass is 16.6. The molecule has 1 aliphatic carbocycles. The maximum Gasteiger partial charge on any atom is 0.419 e. The summed E-state index contributed by atoms with van der Waals surface area (Å²) in [5, 5.41) is 6.11. The molecule has 5 aromatic rings. The first kappa shape index (κ1) is 45.5. The van der Waals surface area contributed by atoms with Crippen molar-refractivity contribution in [3.8, 4) is 11.1 Å². The first-order valence-electron chi connectivity index (χ1n) is 21.7. The van der Waals surface area contributed by atoms with Crippen LogP contribution in [-0.2, 0) is 48.0 Å². The summed E-state index contributed by atoms with van der Waals surface area (Å²) < 4.78 is 23.8. The Labute approximate surface area is 373 Å². The van der Waals surface area contributed by atoms with Crippen molar-refractivity contribution in [2.45, 2.75) is 85.2 Å². The van der Waals surface area contributed by atoms with E-state index in [2.05, 4.69) is 33.7 Å². The van der Waals surface area contributed by atoms with Crippen LogP contribution in [-0.4, -0.2) is 96.1 Å². The van der Waals surface area contributed by atoms with E-state index in [4.69, 9.17) is 18.9 Å². The van der Waals surface area contributed by atoms with Gasteiger partial charge >= 0.3 is 18.2 Å². The van der Waals surface area contributed by atoms with Crippen molar-refractivity contribution in [1.82, 2.24) is 14.8 Å². The minimum absolute atomic E-state index is 0.0100. The van der Waals surface area contributed by atoms with Crippen LogP contribution in [0, 0.1) is 0 Å². The zero-order valence-electron chi connectivity index (χ0n) is 37.6. The number of carbonyl (C=O) groups excluding carboxylic acids is 5. The Hall–Kier alpha value is -6.51. The summed E-state index contributed by atoms with van der Waals surface area (Å²) in [6, 6.07) is 26.7. The van der Waals surface area contributed by atoms with Gasteiger partial charge in [-0.05, 0) is 119 Å². The van der Waals surface area contributed by atoms with Gasteiger partial charge in [0.05, 0.1) is 24.4 Å². The molecule has 14 nitrogen and oxygen atoms in total. The van der Waals surface area contributed by atoms with Gasteiger partial charge in [-0.2, -0.15) is 0 Å². The number of aromatic nitrogens is 1. The third kappa shape index (κ3) is 10.8. The summed E-state index contributed by atoms with van der Waals surface area (Å²) in [5.74, 6) is -1.35. The lowest BCUT2D eigenvalue weighted by molar-refractivity contribution is -0.121. The predicted molar refractivity (Wildman–Crippen MR) is 245 cm³/mol. The fraction of sp³-hybridized carbons (Fsp3) is 0.380. The molecule has 0 saturated carbocycles. The second-order valence-electron chi connectivity index (χ2n) is 18.0. The summed E-state index contributed by atoms with van der Waals surface area (Å²) in [5.41, 5.74) is 5.62. The number of hydrogen-bond donors (Lipinski definition) is 2. The van der Waals surface area contributed by atoms with Crippen molar-refractivity contribution >= 4 is 52.2 Å². The van der Waals surface area contributed by atoms with Crippen molar-refractivity contribution in [3.05, 3.63) is 119 Å². The Morgan fingerprint density at radius 3 is 2.25 bits per heavy atom. The van der Waals surface area contributed by atoms with Gasteiger partial charge in [0.25, 0.3) is 0 Å². The zero-order chi connectivity index (χ0) is 45.8. The average Bonchev–Trinajstić information content (AvgIpc) is 3.83. The topological polar surface area (TPSA) is 158 Å². The number of esters is 1. The fourth-order valence-electron chi connectivity index (χ4n) is 8.01. The van der Waals surface area contributed by atoms with E-state index in [1.807, 2.05) is 55.5 Å². The van der Waals surface area contributed by atoms with Crippen molar-refractivity contribution in [1.29, 1.82) is 0 Å². The van der Waals surface area contributed by atoms with Crippen LogP contribution < -0.4 is 15.5 Å². The largest absolute Gasteiger partial charge is 0.455 e. The van der Waals surface area contributed by atoms with Crippen LogP contribution in [0.2, 0.25) is 0 Å². The van der Waals surface area contributed by atoms with Crippen LogP contribution >= 0.6 is 0 Å². The van der Waals surface area contributed by atoms with Gasteiger partial charge in [-0.25, -0.2) is 19.0 Å². The first-order chi connectivity index (χ1) is 30.5. The molecular weight excluding hydrogens is 815 g/mol. The molecule has 3 amide bonds. The number of nitrogens with zero attached hydrogens (tertiary/aromatic N) is 3. The van der Waals surface area contributed by atoms with E-state index in [1.54, 1.807) is 64.6 Å². The molecule has 2 N–H and O–H groups in total. The summed E-state index contributed by atoms with van der Waals surface area (Å²) >= 11 is 0. The monoisotopic (exact) mass is 871 g/mol. The van der Waals surface area contributed by atoms with Crippen LogP contribution in [0.3, 0.4) is 0 Å². The van der Waals surface area contributed by atoms with E-state index in [-0.39, 0.29) is 36.9 Å². The minimum Gasteiger partial charge on any atom is -0.455 e. The number of carbonyl (C=O) groups is 5. The van der Waals surface area contributed by atoms with E-state index in [0.717, 1.165) is 38.9 Å². The number of alkyl carbamates (subject to hydrolysis) is 1. The van der Waals surface area contributed by atoms with Gasteiger partial charge in [0.1, 0.15) is 29.5 Å². The molecule has 1 aromatic heterocycles. The van der Waals surface area contributed by atoms with Crippen molar-refractivity contribution in [2.24, 2.45) is 0 Å². The van der Waals surface area contributed by atoms with Gasteiger partial charge in [-0.1, -0.05) is 60.7 Å². The van der Waals surface area contributed by atoms with Crippen molar-refractivity contribution in [2.75, 3.05) is 49.6 Å². The van der Waals surface area contributed by atoms with E-state index in [9.17, 15) is 24.0 Å². The van der Waals surface area contributed by atoms with Gasteiger partial charge in [0.2, 0.25) is 11.8 Å². The Kier molecular flexibility index (Phi) is 13.6. The Balaban J connectivity index is 1.13. The molecule has 7 rings (SSSR count). The highest BCUT2D eigenvalue weighted by molar-refractivity contribution is 6.09. The molecule has 1 unspecified atom stereocenters. The second kappa shape index (κ2) is 19.1. The van der Waals surface area contributed by atoms with Gasteiger partial charge < -0.3 is 34.5 Å². The molecule has 1 saturated heterocycles. The Morgan fingerprint density at radius 2 is 1.53 bits per heavy atom. The summed E-state index contributed by atoms with van der Waals surface area (Å²) in [6.45, 7) is 15.7. The number of benzene rings is 4. The summed E-state index contributed by atoms with van der Waals surface area (Å²) in [7, 11) is 0. The molecule has 1 fully saturated rings. The SMILES string of the molecule is CCOCCN1CCN(c2ccc(CC(NC(=O)OCc3cccc4c3Cc3ccccc3-4)C(=O)Nc3cccc4c3cc(C(=O)OC(C)(C)C)n4C(=O)OC(C)(C)C)cc2)C(=O)C1. The number of fused-ring (bicyclic) bond motifs is 4. The third-order valence-electron chi connectivity index (χ3n) is 10.9. The molecule has 336 valence electrons. The first-order valence-corrected chi connectivity index (χ1v) is 21.7. The number of piperazine rings is 1. The minimum atomic E-state index is -1.15. The lowest BCUT2D eigenvalue weighted by Gasteiger charge is -2.34. The highest BCUT2D eigenvalue weighted by Crippen LogP contribution is 2.38. The quantitative estimate of drug-likeness (QED) is 0.0660. The molecule has 0 spiro atoms. The lowest BCUT2D eigenvalue weighted by Crippen LogP contribution is -2.51. The molecule has 0 radical (unpaired) electrons. The molecule has 4 aromatic carbocycles. The van der Waals surface area contributed by atoms with Gasteiger partial charge in [0, 0.05) is 43.7 Å². The van der Waals surface area contributed by atoms with Crippen LogP contribution in [0.4, 0.5) is 21.0 Å². The average molecular weight is 872 g/mol. The van der Waals surface area contributed by atoms with E-state index < -0.39 is 41.3 Å². The molecule has 64 heavy (non-hydrogen) atoms. The van der Waals surface area contributed by atoms with Gasteiger partial charge in [0.15, 0.2) is 0 Å². The van der Waals surface area contributed by atoms with Gasteiger partial charge in [-0.15, -0.1) is 0 Å². The van der Waals surface area contributed by atoms with Gasteiger partial charge in [-0.3, -0.25) is 14.5 Å². The van der Waals surface area contributed by atoms with E-state index in [0.29, 0.717) is 49.3 Å². The Bertz CT molecular complexity index is 2550. The molecule has 1 aliphatic heterocycles. The third-order valence-corrected chi connectivity index (χ3v) is 10.9. The lowest BCUT2D eigenvalue weighted by atomic mass is 10.0. The number of ether oxygens (including phenoxy) is 4. The highest BCUT2D eigenvalue weighted by Gasteiger charge is 2.31. The van der Waals surface area contributed by atoms with Crippen molar-refractivity contribution < 1.29 is 42.9 Å². The number of nitrogens with one attached hydrogen (secondary N) is 2. The standard InChI is InChI=1S/C50H57N5O9/c1-8-61-26-25-53-23-24-54(44(56)30-53)35-21-19-32(20-22-35)27-41(52-47(59)62-31-34-14-11-16-37-36-15-10-9-13-33(36)28-38(34)37)45(57)51-40-17-12-18-42-39(40)29-43(46(58)63-49(2,3)4)55(42)48(60)64-50(5,6)7/h9-22,29,41H,8,23-28,30-31H2,1-7H3,(H,51,57)(H,52,59).